The summed E-state index contributed by atoms with van der Waals surface area (Å²) in [6, 6.07) is 0. The minimum Gasteiger partial charge on any atom is -0.396 e. The van der Waals surface area contributed by atoms with Crippen LogP contribution in [0.2, 0.25) is 0 Å². The van der Waals surface area contributed by atoms with Gasteiger partial charge in [0.15, 0.2) is 5.69 Å². The van der Waals surface area contributed by atoms with Gasteiger partial charge < -0.3 is 16.0 Å². The van der Waals surface area contributed by atoms with Gasteiger partial charge in [-0.1, -0.05) is 6.92 Å². The number of rotatable bonds is 5. The Morgan fingerprint density at radius 3 is 2.65 bits per heavy atom. The lowest BCUT2D eigenvalue weighted by Crippen LogP contribution is -2.38. The molecule has 0 spiro atoms. The molecule has 3 N–H and O–H groups in total. The highest BCUT2D eigenvalue weighted by atomic mass is 16.2. The largest absolute Gasteiger partial charge is 0.396 e. The normalized spacial score (nSPS) is 17.3. The number of amides is 1. The number of nitrogens with zero attached hydrogens (tertiary/aromatic N) is 3. The van der Waals surface area contributed by atoms with Crippen LogP contribution < -0.4 is 11.1 Å². The third kappa shape index (κ3) is 3.50. The van der Waals surface area contributed by atoms with Gasteiger partial charge in [0.1, 0.15) is 0 Å². The number of carbonyl (C=O) groups is 1. The second-order valence-electron chi connectivity index (χ2n) is 5.38. The third-order valence-electron chi connectivity index (χ3n) is 4.03. The standard InChI is InChI=1S/C14H25N5O/c1-3-18-7-5-11(6-8-18)9-16-14(20)13-12(15)10-19(4-2)17-13/h10-11H,3-9,15H2,1-2H3,(H,16,20). The maximum Gasteiger partial charge on any atom is 0.273 e. The number of anilines is 1. The Labute approximate surface area is 120 Å². The van der Waals surface area contributed by atoms with Crippen LogP contribution in [0.3, 0.4) is 0 Å². The molecule has 1 amide bonds. The van der Waals surface area contributed by atoms with Crippen LogP contribution in [0, 0.1) is 5.92 Å². The lowest BCUT2D eigenvalue weighted by atomic mass is 9.97. The van der Waals surface area contributed by atoms with E-state index in [4.69, 9.17) is 5.73 Å². The first-order valence-corrected chi connectivity index (χ1v) is 7.47. The first-order valence-electron chi connectivity index (χ1n) is 7.47. The molecule has 1 aromatic rings. The average molecular weight is 279 g/mol. The van der Waals surface area contributed by atoms with Gasteiger partial charge in [-0.2, -0.15) is 5.10 Å². The van der Waals surface area contributed by atoms with Gasteiger partial charge in [-0.3, -0.25) is 9.48 Å². The maximum atomic E-state index is 12.1. The molecule has 0 aromatic carbocycles. The summed E-state index contributed by atoms with van der Waals surface area (Å²) in [7, 11) is 0. The molecule has 112 valence electrons. The number of hydrogen-bond acceptors (Lipinski definition) is 4. The number of nitrogens with two attached hydrogens (primary N) is 1. The second kappa shape index (κ2) is 6.74. The molecule has 2 heterocycles. The number of nitrogens with one attached hydrogen (secondary N) is 1. The van der Waals surface area contributed by atoms with Crippen LogP contribution >= 0.6 is 0 Å². The van der Waals surface area contributed by atoms with E-state index in [1.807, 2.05) is 6.92 Å². The molecule has 0 aliphatic carbocycles. The van der Waals surface area contributed by atoms with Crippen molar-refractivity contribution in [2.45, 2.75) is 33.2 Å². The van der Waals surface area contributed by atoms with Gasteiger partial charge >= 0.3 is 0 Å². The number of nitrogen functional groups attached to an aromatic ring is 1. The average Bonchev–Trinajstić information content (AvgIpc) is 2.86. The van der Waals surface area contributed by atoms with Gasteiger partial charge in [0.05, 0.1) is 5.69 Å². The molecule has 0 bridgehead atoms. The van der Waals surface area contributed by atoms with Crippen molar-refractivity contribution in [2.75, 3.05) is 31.9 Å². The van der Waals surface area contributed by atoms with Gasteiger partial charge in [-0.05, 0) is 45.3 Å². The van der Waals surface area contributed by atoms with Crippen molar-refractivity contribution < 1.29 is 4.79 Å². The number of aryl methyl sites for hydroxylation is 1. The van der Waals surface area contributed by atoms with E-state index in [2.05, 4.69) is 22.2 Å². The highest BCUT2D eigenvalue weighted by Crippen LogP contribution is 2.16. The molecule has 6 heteroatoms. The van der Waals surface area contributed by atoms with Crippen LogP contribution in [0.5, 0.6) is 0 Å². The quantitative estimate of drug-likeness (QED) is 0.841. The molecule has 6 nitrogen and oxygen atoms in total. The minimum absolute atomic E-state index is 0.160. The molecule has 2 rings (SSSR count). The van der Waals surface area contributed by atoms with Gasteiger partial charge in [0, 0.05) is 19.3 Å². The molecule has 1 aromatic heterocycles. The van der Waals surface area contributed by atoms with Crippen LogP contribution in [0.25, 0.3) is 0 Å². The van der Waals surface area contributed by atoms with Crippen molar-refractivity contribution in [1.29, 1.82) is 0 Å². The van der Waals surface area contributed by atoms with E-state index in [9.17, 15) is 4.79 Å². The Kier molecular flexibility index (Phi) is 5.00. The summed E-state index contributed by atoms with van der Waals surface area (Å²) in [5, 5.41) is 7.16. The Balaban J connectivity index is 1.82. The Morgan fingerprint density at radius 1 is 1.40 bits per heavy atom. The first kappa shape index (κ1) is 14.8. The lowest BCUT2D eigenvalue weighted by molar-refractivity contribution is 0.0932. The Bertz CT molecular complexity index is 448. The van der Waals surface area contributed by atoms with Crippen LogP contribution in [0.15, 0.2) is 6.20 Å². The molecule has 0 unspecified atom stereocenters. The Morgan fingerprint density at radius 2 is 2.10 bits per heavy atom. The van der Waals surface area contributed by atoms with E-state index < -0.39 is 0 Å². The van der Waals surface area contributed by atoms with Crippen LogP contribution in [0.4, 0.5) is 5.69 Å². The van der Waals surface area contributed by atoms with Crippen molar-refractivity contribution >= 4 is 11.6 Å². The molecule has 0 radical (unpaired) electrons. The smallest absolute Gasteiger partial charge is 0.273 e. The molecule has 1 aliphatic rings. The zero-order chi connectivity index (χ0) is 14.5. The number of hydrogen-bond donors (Lipinski definition) is 2. The van der Waals surface area contributed by atoms with Gasteiger partial charge in [0.2, 0.25) is 0 Å². The van der Waals surface area contributed by atoms with E-state index in [0.29, 0.717) is 23.8 Å². The highest BCUT2D eigenvalue weighted by Gasteiger charge is 2.20. The fourth-order valence-corrected chi connectivity index (χ4v) is 2.60. The third-order valence-corrected chi connectivity index (χ3v) is 4.03. The summed E-state index contributed by atoms with van der Waals surface area (Å²) in [4.78, 5) is 14.5. The van der Waals surface area contributed by atoms with Crippen molar-refractivity contribution in [3.8, 4) is 0 Å². The molecular formula is C14H25N5O. The van der Waals surface area contributed by atoms with E-state index >= 15 is 0 Å². The molecule has 20 heavy (non-hydrogen) atoms. The summed E-state index contributed by atoms with van der Waals surface area (Å²) in [5.74, 6) is 0.406. The van der Waals surface area contributed by atoms with Crippen LogP contribution in [0.1, 0.15) is 37.2 Å². The zero-order valence-electron chi connectivity index (χ0n) is 12.4. The lowest BCUT2D eigenvalue weighted by Gasteiger charge is -2.30. The van der Waals surface area contributed by atoms with Gasteiger partial charge in [-0.25, -0.2) is 0 Å². The van der Waals surface area contributed by atoms with E-state index in [1.54, 1.807) is 10.9 Å². The highest BCUT2D eigenvalue weighted by molar-refractivity contribution is 5.96. The number of piperidine rings is 1. The zero-order valence-corrected chi connectivity index (χ0v) is 12.4. The van der Waals surface area contributed by atoms with E-state index in [-0.39, 0.29) is 5.91 Å². The Hall–Kier alpha value is -1.56. The summed E-state index contributed by atoms with van der Waals surface area (Å²) >= 11 is 0. The van der Waals surface area contributed by atoms with Crippen molar-refractivity contribution in [1.82, 2.24) is 20.0 Å². The SMILES string of the molecule is CCN1CCC(CNC(=O)c2nn(CC)cc2N)CC1. The second-order valence-corrected chi connectivity index (χ2v) is 5.38. The maximum absolute atomic E-state index is 12.1. The van der Waals surface area contributed by atoms with E-state index in [1.165, 1.54) is 0 Å². The summed E-state index contributed by atoms with van der Waals surface area (Å²) in [5.41, 5.74) is 6.61. The number of likely N-dealkylation sites (tertiary alicyclic amines) is 1. The summed E-state index contributed by atoms with van der Waals surface area (Å²) in [6.45, 7) is 8.96. The van der Waals surface area contributed by atoms with Crippen LogP contribution in [-0.2, 0) is 6.54 Å². The topological polar surface area (TPSA) is 76.2 Å². The molecule has 1 fully saturated rings. The predicted molar refractivity (Wildman–Crippen MR) is 79.5 cm³/mol. The van der Waals surface area contributed by atoms with Gasteiger partial charge in [-0.15, -0.1) is 0 Å². The van der Waals surface area contributed by atoms with Crippen molar-refractivity contribution in [2.24, 2.45) is 5.92 Å². The minimum atomic E-state index is -0.160. The first-order chi connectivity index (χ1) is 9.63. The van der Waals surface area contributed by atoms with Crippen molar-refractivity contribution in [3.05, 3.63) is 11.9 Å². The fraction of sp³-hybridized carbons (Fsp3) is 0.714. The van der Waals surface area contributed by atoms with E-state index in [0.717, 1.165) is 39.0 Å². The summed E-state index contributed by atoms with van der Waals surface area (Å²) in [6.07, 6.45) is 3.99. The monoisotopic (exact) mass is 279 g/mol. The van der Waals surface area contributed by atoms with Gasteiger partial charge in [0.25, 0.3) is 5.91 Å². The molecule has 1 aliphatic heterocycles. The number of aromatic nitrogens is 2. The molecule has 0 atom stereocenters. The molecule has 1 saturated heterocycles. The predicted octanol–water partition coefficient (Wildman–Crippen LogP) is 0.947. The molecule has 0 saturated carbocycles. The van der Waals surface area contributed by atoms with Crippen LogP contribution in [-0.4, -0.2) is 46.8 Å². The fourth-order valence-electron chi connectivity index (χ4n) is 2.60. The van der Waals surface area contributed by atoms with Crippen molar-refractivity contribution in [3.63, 3.8) is 0 Å². The molecular weight excluding hydrogens is 254 g/mol. The number of carbonyl (C=O) groups excluding carboxylic acids is 1. The summed E-state index contributed by atoms with van der Waals surface area (Å²) < 4.78 is 1.68.